The van der Waals surface area contributed by atoms with Gasteiger partial charge in [-0.1, -0.05) is 45.9 Å². The molecule has 5 heterocycles. The monoisotopic (exact) mass is 529 g/mol. The summed E-state index contributed by atoms with van der Waals surface area (Å²) < 4.78 is 7.48. The first-order chi connectivity index (χ1) is 19.0. The second-order valence-electron chi connectivity index (χ2n) is 11.0. The van der Waals surface area contributed by atoms with Crippen LogP contribution >= 0.6 is 11.3 Å². The summed E-state index contributed by atoms with van der Waals surface area (Å²) in [6.45, 7) is 9.13. The molecule has 4 aromatic heterocycles. The quantitative estimate of drug-likeness (QED) is 0.224. The Hall–Kier alpha value is -4.23. The lowest BCUT2D eigenvalue weighted by molar-refractivity contribution is 0.302. The predicted molar refractivity (Wildman–Crippen MR) is 160 cm³/mol. The highest BCUT2D eigenvalue weighted by atomic mass is 32.1. The first-order valence-corrected chi connectivity index (χ1v) is 14.3. The van der Waals surface area contributed by atoms with Crippen LogP contribution in [0.4, 0.5) is 0 Å². The van der Waals surface area contributed by atoms with Crippen LogP contribution in [-0.2, 0) is 6.61 Å². The average molecular weight is 530 g/mol. The molecule has 2 N–H and O–H groups in total. The van der Waals surface area contributed by atoms with Crippen LogP contribution in [0.2, 0.25) is 0 Å². The number of H-pyrrole nitrogens is 2. The summed E-state index contributed by atoms with van der Waals surface area (Å²) in [7, 11) is 0. The van der Waals surface area contributed by atoms with Gasteiger partial charge in [-0.25, -0.2) is 9.97 Å². The van der Waals surface area contributed by atoms with Crippen LogP contribution in [-0.4, -0.2) is 24.9 Å². The Morgan fingerprint density at radius 3 is 2.54 bits per heavy atom. The van der Waals surface area contributed by atoms with E-state index in [1.165, 1.54) is 20.5 Å². The van der Waals surface area contributed by atoms with Gasteiger partial charge in [0.15, 0.2) is 0 Å². The Morgan fingerprint density at radius 2 is 1.69 bits per heavy atom. The second-order valence-corrected chi connectivity index (χ2v) is 12.1. The minimum absolute atomic E-state index is 0.319. The molecule has 3 aromatic carbocycles. The molecular formula is C32H27N5OS. The predicted octanol–water partition coefficient (Wildman–Crippen LogP) is 8.68. The molecule has 39 heavy (non-hydrogen) atoms. The van der Waals surface area contributed by atoms with Crippen LogP contribution in [0.25, 0.3) is 64.5 Å². The van der Waals surface area contributed by atoms with Crippen molar-refractivity contribution >= 4 is 54.1 Å². The highest BCUT2D eigenvalue weighted by Crippen LogP contribution is 2.47. The smallest absolute Gasteiger partial charge is 0.147 e. The molecule has 7 heteroatoms. The minimum atomic E-state index is 0.319. The third kappa shape index (κ3) is 3.29. The van der Waals surface area contributed by atoms with Crippen molar-refractivity contribution in [1.82, 2.24) is 24.9 Å². The molecule has 0 fully saturated rings. The maximum atomic E-state index is 6.31. The summed E-state index contributed by atoms with van der Waals surface area (Å²) in [5, 5.41) is 4.55. The van der Waals surface area contributed by atoms with E-state index in [-0.39, 0.29) is 0 Å². The Balaban J connectivity index is 1.31. The van der Waals surface area contributed by atoms with Crippen molar-refractivity contribution in [1.29, 1.82) is 0 Å². The van der Waals surface area contributed by atoms with Gasteiger partial charge in [-0.05, 0) is 41.3 Å². The summed E-state index contributed by atoms with van der Waals surface area (Å²) in [6.07, 6.45) is 1.87. The van der Waals surface area contributed by atoms with Gasteiger partial charge in [0.25, 0.3) is 0 Å². The van der Waals surface area contributed by atoms with Crippen molar-refractivity contribution in [3.63, 3.8) is 0 Å². The van der Waals surface area contributed by atoms with Crippen LogP contribution < -0.4 is 4.74 Å². The molecule has 6 nitrogen and oxygen atoms in total. The van der Waals surface area contributed by atoms with Gasteiger partial charge >= 0.3 is 0 Å². The van der Waals surface area contributed by atoms with Gasteiger partial charge in [-0.2, -0.15) is 0 Å². The lowest BCUT2D eigenvalue weighted by Crippen LogP contribution is -2.05. The third-order valence-corrected chi connectivity index (χ3v) is 8.97. The van der Waals surface area contributed by atoms with Crippen LogP contribution in [0.1, 0.15) is 56.9 Å². The highest BCUT2D eigenvalue weighted by molar-refractivity contribution is 7.22. The van der Waals surface area contributed by atoms with E-state index in [0.29, 0.717) is 18.4 Å². The van der Waals surface area contributed by atoms with Crippen LogP contribution in [0.5, 0.6) is 5.75 Å². The summed E-state index contributed by atoms with van der Waals surface area (Å²) in [6, 6.07) is 17.4. The fourth-order valence-corrected chi connectivity index (χ4v) is 6.86. The summed E-state index contributed by atoms with van der Waals surface area (Å²) in [5.41, 5.74) is 7.40. The van der Waals surface area contributed by atoms with E-state index in [2.05, 4.69) is 80.1 Å². The van der Waals surface area contributed by atoms with E-state index in [0.717, 1.165) is 67.1 Å². The van der Waals surface area contributed by atoms with Crippen LogP contribution in [0, 0.1) is 0 Å². The van der Waals surface area contributed by atoms with E-state index in [1.54, 1.807) is 11.3 Å². The van der Waals surface area contributed by atoms with Gasteiger partial charge in [0.1, 0.15) is 29.7 Å². The number of nitrogens with one attached hydrogen (secondary N) is 2. The zero-order valence-electron chi connectivity index (χ0n) is 22.2. The van der Waals surface area contributed by atoms with Gasteiger partial charge in [-0.3, -0.25) is 4.98 Å². The number of nitrogens with zero attached hydrogens (tertiary/aromatic N) is 3. The van der Waals surface area contributed by atoms with Crippen molar-refractivity contribution in [3.05, 3.63) is 72.1 Å². The normalized spacial score (nSPS) is 13.2. The molecule has 0 aliphatic carbocycles. The number of ether oxygens (including phenoxy) is 1. The third-order valence-electron chi connectivity index (χ3n) is 7.77. The van der Waals surface area contributed by atoms with E-state index < -0.39 is 0 Å². The second kappa shape index (κ2) is 8.13. The standard InChI is InChI=1S/C32H27N5OS/c1-15(2)31-34-23-14-38-29-21(26(23)35-31)10-8-18-13-24(39-30(18)29)17-7-9-19-22(12-17)25-20(6-5-11-33-25)28-27(19)36-32(37-28)16(3)4/h5-13,15-16H,14H2,1-4H3,(H,34,35)(H,36,37). The van der Waals surface area contributed by atoms with Crippen LogP contribution in [0.15, 0.2) is 54.7 Å². The molecule has 0 unspecified atom stereocenters. The lowest BCUT2D eigenvalue weighted by atomic mass is 10.0. The van der Waals surface area contributed by atoms with E-state index in [4.69, 9.17) is 19.7 Å². The minimum Gasteiger partial charge on any atom is -0.485 e. The Morgan fingerprint density at radius 1 is 0.846 bits per heavy atom. The summed E-state index contributed by atoms with van der Waals surface area (Å²) in [4.78, 5) is 22.9. The average Bonchev–Trinajstić information content (AvgIpc) is 3.69. The first-order valence-electron chi connectivity index (χ1n) is 13.4. The lowest BCUT2D eigenvalue weighted by Gasteiger charge is -2.17. The molecule has 8 rings (SSSR count). The Kier molecular flexibility index (Phi) is 4.74. The van der Waals surface area contributed by atoms with Crippen molar-refractivity contribution in [2.45, 2.75) is 46.1 Å². The number of thiophene rings is 1. The van der Waals surface area contributed by atoms with Gasteiger partial charge in [-0.15, -0.1) is 11.3 Å². The molecular weight excluding hydrogens is 502 g/mol. The summed E-state index contributed by atoms with van der Waals surface area (Å²) in [5.74, 6) is 3.62. The molecule has 0 atom stereocenters. The number of rotatable bonds is 3. The number of hydrogen-bond acceptors (Lipinski definition) is 5. The van der Waals surface area contributed by atoms with Crippen molar-refractivity contribution in [3.8, 4) is 27.4 Å². The number of aromatic nitrogens is 5. The van der Waals surface area contributed by atoms with Crippen molar-refractivity contribution in [2.75, 3.05) is 0 Å². The van der Waals surface area contributed by atoms with Gasteiger partial charge < -0.3 is 14.7 Å². The Labute approximate surface area is 229 Å². The van der Waals surface area contributed by atoms with Gasteiger partial charge in [0.2, 0.25) is 0 Å². The molecule has 0 bridgehead atoms. The first kappa shape index (κ1) is 22.7. The number of benzene rings is 3. The summed E-state index contributed by atoms with van der Waals surface area (Å²) >= 11 is 1.78. The molecule has 1 aliphatic rings. The molecule has 7 aromatic rings. The number of hydrogen-bond donors (Lipinski definition) is 2. The highest BCUT2D eigenvalue weighted by Gasteiger charge is 2.25. The van der Waals surface area contributed by atoms with Crippen LogP contribution in [0.3, 0.4) is 0 Å². The SMILES string of the molecule is CC(C)c1nc2c([nH]1)-c1ccc3cc(-c4ccc5c(c4)c4ncccc4c4nc(C(C)C)[nH]c54)sc3c1OC2. The largest absolute Gasteiger partial charge is 0.485 e. The molecule has 1 aliphatic heterocycles. The molecule has 0 radical (unpaired) electrons. The topological polar surface area (TPSA) is 79.5 Å². The molecule has 192 valence electrons. The van der Waals surface area contributed by atoms with Crippen molar-refractivity contribution < 1.29 is 4.74 Å². The number of pyridine rings is 1. The number of fused-ring (bicyclic) bond motifs is 11. The van der Waals surface area contributed by atoms with Crippen molar-refractivity contribution in [2.24, 2.45) is 0 Å². The molecule has 0 amide bonds. The zero-order valence-corrected chi connectivity index (χ0v) is 23.0. The zero-order chi connectivity index (χ0) is 26.4. The fourth-order valence-electron chi connectivity index (χ4n) is 5.71. The fraction of sp³-hybridized carbons (Fsp3) is 0.219. The maximum Gasteiger partial charge on any atom is 0.147 e. The van der Waals surface area contributed by atoms with Gasteiger partial charge in [0.05, 0.1) is 26.9 Å². The Bertz CT molecular complexity index is 2100. The van der Waals surface area contributed by atoms with E-state index >= 15 is 0 Å². The molecule has 0 saturated heterocycles. The number of imidazole rings is 2. The van der Waals surface area contributed by atoms with E-state index in [9.17, 15) is 0 Å². The molecule has 0 spiro atoms. The van der Waals surface area contributed by atoms with Gasteiger partial charge in [0, 0.05) is 44.6 Å². The van der Waals surface area contributed by atoms with E-state index in [1.807, 2.05) is 12.3 Å². The molecule has 0 saturated carbocycles. The maximum absolute atomic E-state index is 6.31. The number of aromatic amines is 2.